The Morgan fingerprint density at radius 3 is 3.00 bits per heavy atom. The Kier molecular flexibility index (Phi) is 5.16. The summed E-state index contributed by atoms with van der Waals surface area (Å²) in [7, 11) is 0. The average Bonchev–Trinajstić information content (AvgIpc) is 3.01. The summed E-state index contributed by atoms with van der Waals surface area (Å²) in [6.07, 6.45) is 1.38. The van der Waals surface area contributed by atoms with E-state index in [-0.39, 0.29) is 30.0 Å². The molecule has 1 unspecified atom stereocenters. The Morgan fingerprint density at radius 1 is 1.46 bits per heavy atom. The van der Waals surface area contributed by atoms with Gasteiger partial charge >= 0.3 is 0 Å². The molecule has 0 radical (unpaired) electrons. The lowest BCUT2D eigenvalue weighted by molar-refractivity contribution is -0.129. The van der Waals surface area contributed by atoms with Crippen LogP contribution in [0.2, 0.25) is 0 Å². The van der Waals surface area contributed by atoms with Crippen molar-refractivity contribution >= 4 is 17.5 Å². The van der Waals surface area contributed by atoms with Crippen LogP contribution in [0.1, 0.15) is 38.3 Å². The number of carbonyl (C=O) groups excluding carboxylic acids is 2. The van der Waals surface area contributed by atoms with E-state index >= 15 is 0 Å². The van der Waals surface area contributed by atoms with Gasteiger partial charge in [-0.15, -0.1) is 0 Å². The number of anilines is 1. The van der Waals surface area contributed by atoms with Gasteiger partial charge in [-0.2, -0.15) is 0 Å². The monoisotopic (exact) mass is 331 g/mol. The Bertz CT molecular complexity index is 619. The van der Waals surface area contributed by atoms with Crippen LogP contribution >= 0.6 is 0 Å². The van der Waals surface area contributed by atoms with Crippen molar-refractivity contribution in [1.29, 1.82) is 0 Å². The van der Waals surface area contributed by atoms with Gasteiger partial charge in [0.1, 0.15) is 6.04 Å². The van der Waals surface area contributed by atoms with E-state index in [1.54, 1.807) is 0 Å². The van der Waals surface area contributed by atoms with E-state index in [0.717, 1.165) is 24.2 Å². The minimum Gasteiger partial charge on any atom is -0.375 e. The molecule has 0 aromatic heterocycles. The summed E-state index contributed by atoms with van der Waals surface area (Å²) in [5.74, 6) is 0.110. The zero-order valence-electron chi connectivity index (χ0n) is 14.2. The molecule has 0 saturated carbocycles. The van der Waals surface area contributed by atoms with Gasteiger partial charge in [0.25, 0.3) is 0 Å². The number of rotatable bonds is 4. The predicted octanol–water partition coefficient (Wildman–Crippen LogP) is 1.37. The highest BCUT2D eigenvalue weighted by atomic mass is 16.5. The van der Waals surface area contributed by atoms with Crippen molar-refractivity contribution in [3.8, 4) is 0 Å². The highest BCUT2D eigenvalue weighted by molar-refractivity contribution is 5.95. The van der Waals surface area contributed by atoms with Crippen LogP contribution in [-0.2, 0) is 14.3 Å². The summed E-state index contributed by atoms with van der Waals surface area (Å²) in [6, 6.07) is 7.38. The summed E-state index contributed by atoms with van der Waals surface area (Å²) in [4.78, 5) is 26.2. The molecule has 2 amide bonds. The number of nitrogens with zero attached hydrogens (tertiary/aromatic N) is 1. The first-order valence-electron chi connectivity index (χ1n) is 8.62. The van der Waals surface area contributed by atoms with Crippen molar-refractivity contribution < 1.29 is 14.3 Å². The Labute approximate surface area is 142 Å². The van der Waals surface area contributed by atoms with Crippen LogP contribution in [0.4, 0.5) is 5.69 Å². The first-order valence-corrected chi connectivity index (χ1v) is 8.62. The maximum atomic E-state index is 12.5. The number of benzene rings is 1. The molecule has 24 heavy (non-hydrogen) atoms. The standard InChI is InChI=1S/C18H25N3O3/c1-12(20-18(23)17-13(2)24-10-8-19-17)14-5-3-6-15(11-14)21-9-4-7-16(21)22/h3,5-6,11-13,17,19H,4,7-10H2,1-2H3,(H,20,23)/t12?,13-,17+/m1/s1. The molecular formula is C18H25N3O3. The second kappa shape index (κ2) is 7.32. The molecule has 2 saturated heterocycles. The molecule has 2 aliphatic heterocycles. The lowest BCUT2D eigenvalue weighted by atomic mass is 10.1. The lowest BCUT2D eigenvalue weighted by Gasteiger charge is -2.30. The fraction of sp³-hybridized carbons (Fsp3) is 0.556. The van der Waals surface area contributed by atoms with Gasteiger partial charge < -0.3 is 20.3 Å². The molecule has 2 fully saturated rings. The Balaban J connectivity index is 1.67. The van der Waals surface area contributed by atoms with Crippen molar-refractivity contribution in [2.24, 2.45) is 0 Å². The van der Waals surface area contributed by atoms with E-state index in [0.29, 0.717) is 19.6 Å². The second-order valence-electron chi connectivity index (χ2n) is 6.48. The zero-order chi connectivity index (χ0) is 17.1. The minimum absolute atomic E-state index is 0.0580. The van der Waals surface area contributed by atoms with E-state index < -0.39 is 0 Å². The molecule has 1 aromatic rings. The molecular weight excluding hydrogens is 306 g/mol. The first-order chi connectivity index (χ1) is 11.6. The molecule has 0 spiro atoms. The summed E-state index contributed by atoms with van der Waals surface area (Å²) in [6.45, 7) is 5.94. The van der Waals surface area contributed by atoms with Gasteiger partial charge in [-0.25, -0.2) is 0 Å². The Morgan fingerprint density at radius 2 is 2.29 bits per heavy atom. The van der Waals surface area contributed by atoms with Gasteiger partial charge in [-0.1, -0.05) is 12.1 Å². The first kappa shape index (κ1) is 16.9. The van der Waals surface area contributed by atoms with Crippen molar-refractivity contribution in [1.82, 2.24) is 10.6 Å². The zero-order valence-corrected chi connectivity index (χ0v) is 14.2. The van der Waals surface area contributed by atoms with Gasteiger partial charge in [0.05, 0.1) is 18.8 Å². The van der Waals surface area contributed by atoms with E-state index in [1.807, 2.05) is 43.0 Å². The van der Waals surface area contributed by atoms with Crippen LogP contribution in [0.15, 0.2) is 24.3 Å². The third-order valence-corrected chi connectivity index (χ3v) is 4.71. The van der Waals surface area contributed by atoms with Crippen LogP contribution in [0.5, 0.6) is 0 Å². The fourth-order valence-electron chi connectivity index (χ4n) is 3.30. The van der Waals surface area contributed by atoms with Gasteiger partial charge in [-0.05, 0) is 38.0 Å². The van der Waals surface area contributed by atoms with E-state index in [2.05, 4.69) is 10.6 Å². The third-order valence-electron chi connectivity index (χ3n) is 4.71. The molecule has 2 N–H and O–H groups in total. The van der Waals surface area contributed by atoms with Crippen molar-refractivity contribution in [3.63, 3.8) is 0 Å². The quantitative estimate of drug-likeness (QED) is 0.874. The van der Waals surface area contributed by atoms with Crippen molar-refractivity contribution in [2.75, 3.05) is 24.6 Å². The molecule has 1 aromatic carbocycles. The minimum atomic E-state index is -0.329. The number of carbonyl (C=O) groups is 2. The molecule has 6 nitrogen and oxygen atoms in total. The smallest absolute Gasteiger partial charge is 0.240 e. The summed E-state index contributed by atoms with van der Waals surface area (Å²) in [5.41, 5.74) is 1.90. The average molecular weight is 331 g/mol. The maximum Gasteiger partial charge on any atom is 0.240 e. The summed E-state index contributed by atoms with van der Waals surface area (Å²) < 4.78 is 5.53. The van der Waals surface area contributed by atoms with E-state index in [1.165, 1.54) is 0 Å². The van der Waals surface area contributed by atoms with Crippen LogP contribution in [0.3, 0.4) is 0 Å². The number of amides is 2. The lowest BCUT2D eigenvalue weighted by Crippen LogP contribution is -2.55. The van der Waals surface area contributed by atoms with Crippen LogP contribution in [0, 0.1) is 0 Å². The predicted molar refractivity (Wildman–Crippen MR) is 91.8 cm³/mol. The number of morpholine rings is 1. The third kappa shape index (κ3) is 3.60. The van der Waals surface area contributed by atoms with Crippen LogP contribution in [-0.4, -0.2) is 43.7 Å². The Hall–Kier alpha value is -1.92. The van der Waals surface area contributed by atoms with Gasteiger partial charge in [-0.3, -0.25) is 9.59 Å². The van der Waals surface area contributed by atoms with Gasteiger partial charge in [0, 0.05) is 25.2 Å². The largest absolute Gasteiger partial charge is 0.375 e. The molecule has 2 heterocycles. The topological polar surface area (TPSA) is 70.7 Å². The van der Waals surface area contributed by atoms with Crippen molar-refractivity contribution in [2.45, 2.75) is 44.9 Å². The maximum absolute atomic E-state index is 12.5. The fourth-order valence-corrected chi connectivity index (χ4v) is 3.30. The number of hydrogen-bond donors (Lipinski definition) is 2. The molecule has 3 rings (SSSR count). The second-order valence-corrected chi connectivity index (χ2v) is 6.48. The van der Waals surface area contributed by atoms with Gasteiger partial charge in [0.15, 0.2) is 0 Å². The number of hydrogen-bond acceptors (Lipinski definition) is 4. The van der Waals surface area contributed by atoms with Crippen LogP contribution < -0.4 is 15.5 Å². The molecule has 6 heteroatoms. The summed E-state index contributed by atoms with van der Waals surface area (Å²) in [5, 5.41) is 6.24. The number of nitrogens with one attached hydrogen (secondary N) is 2. The molecule has 0 aliphatic carbocycles. The SMILES string of the molecule is CC(NC(=O)[C@H]1NCCO[C@@H]1C)c1cccc(N2CCCC2=O)c1. The normalized spacial score (nSPS) is 25.6. The molecule has 0 bridgehead atoms. The van der Waals surface area contributed by atoms with Gasteiger partial charge in [0.2, 0.25) is 11.8 Å². The van der Waals surface area contributed by atoms with Crippen LogP contribution in [0.25, 0.3) is 0 Å². The summed E-state index contributed by atoms with van der Waals surface area (Å²) >= 11 is 0. The van der Waals surface area contributed by atoms with Crippen molar-refractivity contribution in [3.05, 3.63) is 29.8 Å². The van der Waals surface area contributed by atoms with E-state index in [4.69, 9.17) is 4.74 Å². The number of ether oxygens (including phenoxy) is 1. The highest BCUT2D eigenvalue weighted by Gasteiger charge is 2.29. The molecule has 2 aliphatic rings. The molecule has 3 atom stereocenters. The van der Waals surface area contributed by atoms with E-state index in [9.17, 15) is 9.59 Å². The molecule has 130 valence electrons. The highest BCUT2D eigenvalue weighted by Crippen LogP contribution is 2.24.